The predicted octanol–water partition coefficient (Wildman–Crippen LogP) is 1.53. The Labute approximate surface area is 132 Å². The van der Waals surface area contributed by atoms with Crippen molar-refractivity contribution in [3.63, 3.8) is 0 Å². The van der Waals surface area contributed by atoms with Crippen molar-refractivity contribution in [3.05, 3.63) is 23.9 Å². The van der Waals surface area contributed by atoms with Gasteiger partial charge in [-0.2, -0.15) is 17.5 Å². The molecular weight excluding hydrogens is 337 g/mol. The Kier molecular flexibility index (Phi) is 5.48. The Bertz CT molecular complexity index is 619. The zero-order valence-corrected chi connectivity index (χ0v) is 13.2. The highest BCUT2D eigenvalue weighted by Gasteiger charge is 2.31. The van der Waals surface area contributed by atoms with Crippen molar-refractivity contribution in [2.45, 2.75) is 19.2 Å². The number of hydrogen-bond donors (Lipinski definition) is 0. The smallest absolute Gasteiger partial charge is 0.417 e. The second kappa shape index (κ2) is 7.02. The van der Waals surface area contributed by atoms with Gasteiger partial charge < -0.3 is 9.47 Å². The lowest BCUT2D eigenvalue weighted by Crippen LogP contribution is -2.40. The normalized spacial score (nSPS) is 21.0. The predicted molar refractivity (Wildman–Crippen MR) is 75.5 cm³/mol. The van der Waals surface area contributed by atoms with E-state index in [1.807, 2.05) is 0 Å². The van der Waals surface area contributed by atoms with Crippen molar-refractivity contribution in [3.8, 4) is 5.88 Å². The monoisotopic (exact) mass is 354 g/mol. The highest BCUT2D eigenvalue weighted by atomic mass is 32.2. The number of hydrogen-bond acceptors (Lipinski definition) is 5. The van der Waals surface area contributed by atoms with Crippen molar-refractivity contribution >= 4 is 10.0 Å². The first-order chi connectivity index (χ1) is 10.7. The van der Waals surface area contributed by atoms with Crippen LogP contribution in [-0.2, 0) is 20.9 Å². The van der Waals surface area contributed by atoms with Gasteiger partial charge in [-0.05, 0) is 13.0 Å². The van der Waals surface area contributed by atoms with E-state index >= 15 is 0 Å². The van der Waals surface area contributed by atoms with Crippen LogP contribution in [0.3, 0.4) is 0 Å². The second-order valence-electron chi connectivity index (χ2n) is 4.96. The average Bonchev–Trinajstić information content (AvgIpc) is 2.73. The summed E-state index contributed by atoms with van der Waals surface area (Å²) in [6, 6.07) is 1.97. The first-order valence-corrected chi connectivity index (χ1v) is 8.59. The van der Waals surface area contributed by atoms with Crippen LogP contribution < -0.4 is 4.74 Å². The van der Waals surface area contributed by atoms with Crippen molar-refractivity contribution < 1.29 is 31.1 Å². The van der Waals surface area contributed by atoms with E-state index in [0.717, 1.165) is 12.1 Å². The maximum Gasteiger partial charge on any atom is 0.417 e. The van der Waals surface area contributed by atoms with Crippen LogP contribution in [0.15, 0.2) is 18.3 Å². The first-order valence-electron chi connectivity index (χ1n) is 6.98. The molecule has 0 aliphatic carbocycles. The number of sulfonamides is 1. The summed E-state index contributed by atoms with van der Waals surface area (Å²) >= 11 is 0. The molecule has 1 aliphatic heterocycles. The summed E-state index contributed by atoms with van der Waals surface area (Å²) in [5.41, 5.74) is -0.878. The van der Waals surface area contributed by atoms with Crippen LogP contribution in [0.2, 0.25) is 0 Å². The molecule has 0 radical (unpaired) electrons. The fourth-order valence-electron chi connectivity index (χ4n) is 2.05. The largest absolute Gasteiger partial charge is 0.470 e. The highest BCUT2D eigenvalue weighted by molar-refractivity contribution is 7.89. The third-order valence-electron chi connectivity index (χ3n) is 3.31. The maximum atomic E-state index is 12.5. The molecule has 0 spiro atoms. The van der Waals surface area contributed by atoms with Crippen LogP contribution in [0.25, 0.3) is 0 Å². The molecule has 0 amide bonds. The molecule has 0 bridgehead atoms. The Hall–Kier alpha value is -1.39. The van der Waals surface area contributed by atoms with Gasteiger partial charge in [0.15, 0.2) is 0 Å². The van der Waals surface area contributed by atoms with Crippen molar-refractivity contribution in [2.24, 2.45) is 0 Å². The molecule has 10 heteroatoms. The molecule has 23 heavy (non-hydrogen) atoms. The highest BCUT2D eigenvalue weighted by Crippen LogP contribution is 2.29. The van der Waals surface area contributed by atoms with Crippen LogP contribution in [0, 0.1) is 0 Å². The third-order valence-corrected chi connectivity index (χ3v) is 5.15. The van der Waals surface area contributed by atoms with Crippen molar-refractivity contribution in [1.29, 1.82) is 0 Å². The van der Waals surface area contributed by atoms with Gasteiger partial charge in [-0.25, -0.2) is 13.4 Å². The average molecular weight is 354 g/mol. The van der Waals surface area contributed by atoms with E-state index in [4.69, 9.17) is 9.47 Å². The van der Waals surface area contributed by atoms with E-state index in [1.54, 1.807) is 0 Å². The lowest BCUT2D eigenvalue weighted by molar-refractivity contribution is -0.137. The molecule has 6 nitrogen and oxygen atoms in total. The van der Waals surface area contributed by atoms with Gasteiger partial charge in [-0.3, -0.25) is 0 Å². The Balaban J connectivity index is 2.06. The minimum Gasteiger partial charge on any atom is -0.470 e. The molecule has 1 aromatic rings. The minimum atomic E-state index is -4.47. The van der Waals surface area contributed by atoms with Crippen LogP contribution in [-0.4, -0.2) is 55.9 Å². The summed E-state index contributed by atoms with van der Waals surface area (Å²) in [4.78, 5) is 3.61. The zero-order chi connectivity index (χ0) is 17.1. The number of halogens is 3. The molecule has 0 N–H and O–H groups in total. The molecule has 0 saturated carbocycles. The van der Waals surface area contributed by atoms with Gasteiger partial charge in [0, 0.05) is 18.8 Å². The number of alkyl halides is 3. The molecule has 1 aromatic heterocycles. The lowest BCUT2D eigenvalue weighted by Gasteiger charge is -2.22. The fourth-order valence-corrected chi connectivity index (χ4v) is 3.16. The summed E-state index contributed by atoms with van der Waals surface area (Å²) in [6.45, 7) is 2.20. The minimum absolute atomic E-state index is 0.0117. The molecule has 1 fully saturated rings. The summed E-state index contributed by atoms with van der Waals surface area (Å²) in [5.74, 6) is -0.0551. The quantitative estimate of drug-likeness (QED) is 0.820. The van der Waals surface area contributed by atoms with Crippen molar-refractivity contribution in [2.75, 3.05) is 32.1 Å². The van der Waals surface area contributed by atoms with Gasteiger partial charge >= 0.3 is 6.18 Å². The lowest BCUT2D eigenvalue weighted by atomic mass is 10.3. The Morgan fingerprint density at radius 2 is 2.17 bits per heavy atom. The summed E-state index contributed by atoms with van der Waals surface area (Å²) in [6.07, 6.45) is -4.43. The molecule has 0 aromatic carbocycles. The number of pyridine rings is 1. The van der Waals surface area contributed by atoms with Gasteiger partial charge in [0.1, 0.15) is 6.10 Å². The van der Waals surface area contributed by atoms with Crippen LogP contribution in [0.4, 0.5) is 13.2 Å². The Morgan fingerprint density at radius 1 is 1.43 bits per heavy atom. The van der Waals surface area contributed by atoms with E-state index in [2.05, 4.69) is 4.98 Å². The SMILES string of the molecule is CCS(=O)(=O)N1CCOC[C@H](Oc2ccc(C(F)(F)F)cn2)C1. The molecule has 2 rings (SSSR count). The summed E-state index contributed by atoms with van der Waals surface area (Å²) in [5, 5.41) is 0. The molecular formula is C13H17F3N2O4S. The van der Waals surface area contributed by atoms with Gasteiger partial charge in [-0.1, -0.05) is 0 Å². The molecule has 2 heterocycles. The Morgan fingerprint density at radius 3 is 2.74 bits per heavy atom. The summed E-state index contributed by atoms with van der Waals surface area (Å²) < 4.78 is 73.3. The van der Waals surface area contributed by atoms with Gasteiger partial charge in [-0.15, -0.1) is 0 Å². The van der Waals surface area contributed by atoms with E-state index in [1.165, 1.54) is 11.2 Å². The zero-order valence-electron chi connectivity index (χ0n) is 12.4. The standard InChI is InChI=1S/C13H17F3N2O4S/c1-2-23(19,20)18-5-6-21-9-11(8-18)22-12-4-3-10(7-17-12)13(14,15)16/h3-4,7,11H,2,5-6,8-9H2,1H3/t11-/m1/s1. The second-order valence-corrected chi connectivity index (χ2v) is 7.21. The van der Waals surface area contributed by atoms with E-state index in [0.29, 0.717) is 6.20 Å². The number of ether oxygens (including phenoxy) is 2. The van der Waals surface area contributed by atoms with Crippen molar-refractivity contribution in [1.82, 2.24) is 9.29 Å². The molecule has 1 atom stereocenters. The van der Waals surface area contributed by atoms with E-state index < -0.39 is 27.9 Å². The van der Waals surface area contributed by atoms with Gasteiger partial charge in [0.2, 0.25) is 15.9 Å². The first kappa shape index (κ1) is 18.0. The number of rotatable bonds is 4. The molecule has 1 aliphatic rings. The molecule has 130 valence electrons. The van der Waals surface area contributed by atoms with Gasteiger partial charge in [0.25, 0.3) is 0 Å². The van der Waals surface area contributed by atoms with Crippen LogP contribution in [0.1, 0.15) is 12.5 Å². The van der Waals surface area contributed by atoms with Crippen LogP contribution in [0.5, 0.6) is 5.88 Å². The van der Waals surface area contributed by atoms with E-state index in [-0.39, 0.29) is 37.9 Å². The molecule has 0 unspecified atom stereocenters. The topological polar surface area (TPSA) is 68.7 Å². The maximum absolute atomic E-state index is 12.5. The summed E-state index contributed by atoms with van der Waals surface area (Å²) in [7, 11) is -3.39. The number of aromatic nitrogens is 1. The van der Waals surface area contributed by atoms with E-state index in [9.17, 15) is 21.6 Å². The molecule has 1 saturated heterocycles. The van der Waals surface area contributed by atoms with Crippen LogP contribution >= 0.6 is 0 Å². The van der Waals surface area contributed by atoms with Gasteiger partial charge in [0.05, 0.1) is 31.1 Å². The third kappa shape index (κ3) is 4.79. The number of nitrogens with zero attached hydrogens (tertiary/aromatic N) is 2. The fraction of sp³-hybridized carbons (Fsp3) is 0.615.